The standard InChI is InChI=1S/C14H28N2O2/c1-9(2)13(14(17)15-10(3)4)16-7-11(5)18-12(6)8-16/h9-13H,7-8H2,1-6H3,(H,15,17). The lowest BCUT2D eigenvalue weighted by Crippen LogP contribution is -2.57. The van der Waals surface area contributed by atoms with Crippen LogP contribution in [-0.2, 0) is 9.53 Å². The summed E-state index contributed by atoms with van der Waals surface area (Å²) >= 11 is 0. The predicted molar refractivity (Wildman–Crippen MR) is 73.5 cm³/mol. The van der Waals surface area contributed by atoms with Gasteiger partial charge in [0.05, 0.1) is 18.2 Å². The van der Waals surface area contributed by atoms with Gasteiger partial charge in [-0.25, -0.2) is 0 Å². The Kier molecular flexibility index (Phi) is 5.60. The molecular weight excluding hydrogens is 228 g/mol. The molecule has 1 aliphatic rings. The van der Waals surface area contributed by atoms with Crippen LogP contribution in [0, 0.1) is 5.92 Å². The first kappa shape index (κ1) is 15.4. The Morgan fingerprint density at radius 1 is 1.17 bits per heavy atom. The van der Waals surface area contributed by atoms with Gasteiger partial charge in [-0.15, -0.1) is 0 Å². The minimum Gasteiger partial charge on any atom is -0.373 e. The molecule has 1 N–H and O–H groups in total. The first-order chi connectivity index (χ1) is 8.31. The van der Waals surface area contributed by atoms with Crippen molar-refractivity contribution in [3.05, 3.63) is 0 Å². The minimum atomic E-state index is -0.0544. The third-order valence-corrected chi connectivity index (χ3v) is 3.17. The van der Waals surface area contributed by atoms with Gasteiger partial charge in [0.15, 0.2) is 0 Å². The summed E-state index contributed by atoms with van der Waals surface area (Å²) in [6, 6.07) is 0.135. The molecule has 0 aromatic rings. The fourth-order valence-corrected chi connectivity index (χ4v) is 2.70. The Bertz CT molecular complexity index is 269. The minimum absolute atomic E-state index is 0.0544. The van der Waals surface area contributed by atoms with Gasteiger partial charge in [0.2, 0.25) is 5.91 Å². The molecule has 0 spiro atoms. The van der Waals surface area contributed by atoms with Gasteiger partial charge in [-0.1, -0.05) is 13.8 Å². The van der Waals surface area contributed by atoms with Crippen LogP contribution in [0.4, 0.5) is 0 Å². The highest BCUT2D eigenvalue weighted by Gasteiger charge is 2.34. The maximum Gasteiger partial charge on any atom is 0.237 e. The average Bonchev–Trinajstić information content (AvgIpc) is 2.13. The molecule has 0 radical (unpaired) electrons. The van der Waals surface area contributed by atoms with E-state index < -0.39 is 0 Å². The number of nitrogens with zero attached hydrogens (tertiary/aromatic N) is 1. The number of morpholine rings is 1. The molecule has 0 aromatic carbocycles. The van der Waals surface area contributed by atoms with Crippen LogP contribution in [0.15, 0.2) is 0 Å². The summed E-state index contributed by atoms with van der Waals surface area (Å²) in [7, 11) is 0. The van der Waals surface area contributed by atoms with E-state index in [4.69, 9.17) is 4.74 Å². The van der Waals surface area contributed by atoms with Gasteiger partial charge < -0.3 is 10.1 Å². The van der Waals surface area contributed by atoms with Crippen molar-refractivity contribution in [3.8, 4) is 0 Å². The first-order valence-electron chi connectivity index (χ1n) is 7.01. The molecule has 1 aliphatic heterocycles. The van der Waals surface area contributed by atoms with E-state index in [1.165, 1.54) is 0 Å². The quantitative estimate of drug-likeness (QED) is 0.831. The van der Waals surface area contributed by atoms with Crippen molar-refractivity contribution in [3.63, 3.8) is 0 Å². The molecule has 1 amide bonds. The topological polar surface area (TPSA) is 41.6 Å². The summed E-state index contributed by atoms with van der Waals surface area (Å²) in [6.07, 6.45) is 0.392. The van der Waals surface area contributed by atoms with Crippen molar-refractivity contribution in [1.82, 2.24) is 10.2 Å². The van der Waals surface area contributed by atoms with Crippen LogP contribution in [0.3, 0.4) is 0 Å². The number of carbonyl (C=O) groups is 1. The summed E-state index contributed by atoms with van der Waals surface area (Å²) in [6.45, 7) is 14.0. The summed E-state index contributed by atoms with van der Waals surface area (Å²) in [5.74, 6) is 0.447. The fraction of sp³-hybridized carbons (Fsp3) is 0.929. The van der Waals surface area contributed by atoms with Gasteiger partial charge in [-0.05, 0) is 33.6 Å². The molecule has 1 fully saturated rings. The average molecular weight is 256 g/mol. The molecule has 106 valence electrons. The highest BCUT2D eigenvalue weighted by atomic mass is 16.5. The van der Waals surface area contributed by atoms with E-state index in [0.717, 1.165) is 13.1 Å². The summed E-state index contributed by atoms with van der Waals surface area (Å²) < 4.78 is 5.73. The maximum absolute atomic E-state index is 12.3. The van der Waals surface area contributed by atoms with Crippen molar-refractivity contribution in [2.75, 3.05) is 13.1 Å². The molecule has 4 nitrogen and oxygen atoms in total. The lowest BCUT2D eigenvalue weighted by Gasteiger charge is -2.41. The van der Waals surface area contributed by atoms with E-state index in [2.05, 4.69) is 37.9 Å². The Morgan fingerprint density at radius 2 is 1.67 bits per heavy atom. The molecule has 1 heterocycles. The number of ether oxygens (including phenoxy) is 1. The SMILES string of the molecule is CC(C)NC(=O)C(C(C)C)N1CC(C)OC(C)C1. The van der Waals surface area contributed by atoms with E-state index in [-0.39, 0.29) is 30.2 Å². The summed E-state index contributed by atoms with van der Waals surface area (Å²) in [5, 5.41) is 3.03. The van der Waals surface area contributed by atoms with Crippen molar-refractivity contribution >= 4 is 5.91 Å². The van der Waals surface area contributed by atoms with Crippen LogP contribution >= 0.6 is 0 Å². The molecule has 1 rings (SSSR count). The number of hydrogen-bond donors (Lipinski definition) is 1. The number of hydrogen-bond acceptors (Lipinski definition) is 3. The number of amides is 1. The van der Waals surface area contributed by atoms with E-state index >= 15 is 0 Å². The van der Waals surface area contributed by atoms with Gasteiger partial charge in [0.1, 0.15) is 0 Å². The number of nitrogens with one attached hydrogen (secondary N) is 1. The highest BCUT2D eigenvalue weighted by Crippen LogP contribution is 2.18. The molecule has 0 bridgehead atoms. The molecule has 0 aromatic heterocycles. The Morgan fingerprint density at radius 3 is 2.06 bits per heavy atom. The predicted octanol–water partition coefficient (Wildman–Crippen LogP) is 1.64. The molecule has 0 saturated carbocycles. The van der Waals surface area contributed by atoms with Crippen molar-refractivity contribution in [1.29, 1.82) is 0 Å². The lowest BCUT2D eigenvalue weighted by atomic mass is 9.99. The van der Waals surface area contributed by atoms with Gasteiger partial charge in [-0.3, -0.25) is 9.69 Å². The molecular formula is C14H28N2O2. The molecule has 3 atom stereocenters. The largest absolute Gasteiger partial charge is 0.373 e. The van der Waals surface area contributed by atoms with Crippen LogP contribution < -0.4 is 5.32 Å². The molecule has 3 unspecified atom stereocenters. The monoisotopic (exact) mass is 256 g/mol. The van der Waals surface area contributed by atoms with Crippen LogP contribution in [0.25, 0.3) is 0 Å². The van der Waals surface area contributed by atoms with Gasteiger partial charge in [-0.2, -0.15) is 0 Å². The van der Waals surface area contributed by atoms with Crippen LogP contribution in [-0.4, -0.2) is 48.2 Å². The zero-order chi connectivity index (χ0) is 13.9. The second-order valence-corrected chi connectivity index (χ2v) is 6.06. The molecule has 1 saturated heterocycles. The van der Waals surface area contributed by atoms with Gasteiger partial charge in [0, 0.05) is 19.1 Å². The Labute approximate surface area is 111 Å². The second kappa shape index (κ2) is 6.53. The Hall–Kier alpha value is -0.610. The van der Waals surface area contributed by atoms with E-state index in [9.17, 15) is 4.79 Å². The van der Waals surface area contributed by atoms with E-state index in [1.54, 1.807) is 0 Å². The molecule has 18 heavy (non-hydrogen) atoms. The van der Waals surface area contributed by atoms with E-state index in [0.29, 0.717) is 5.92 Å². The normalized spacial score (nSPS) is 27.6. The lowest BCUT2D eigenvalue weighted by molar-refractivity contribution is -0.135. The summed E-state index contributed by atoms with van der Waals surface area (Å²) in [4.78, 5) is 14.6. The Balaban J connectivity index is 2.74. The smallest absolute Gasteiger partial charge is 0.237 e. The zero-order valence-corrected chi connectivity index (χ0v) is 12.6. The van der Waals surface area contributed by atoms with E-state index in [1.807, 2.05) is 13.8 Å². The molecule has 4 heteroatoms. The number of carbonyl (C=O) groups excluding carboxylic acids is 1. The van der Waals surface area contributed by atoms with Crippen molar-refractivity contribution in [2.45, 2.75) is 65.8 Å². The highest BCUT2D eigenvalue weighted by molar-refractivity contribution is 5.82. The van der Waals surface area contributed by atoms with Crippen LogP contribution in [0.2, 0.25) is 0 Å². The maximum atomic E-state index is 12.3. The second-order valence-electron chi connectivity index (χ2n) is 6.06. The zero-order valence-electron chi connectivity index (χ0n) is 12.6. The van der Waals surface area contributed by atoms with Crippen LogP contribution in [0.5, 0.6) is 0 Å². The summed E-state index contributed by atoms with van der Waals surface area (Å²) in [5.41, 5.74) is 0. The number of rotatable bonds is 4. The first-order valence-corrected chi connectivity index (χ1v) is 7.01. The van der Waals surface area contributed by atoms with Crippen molar-refractivity contribution in [2.24, 2.45) is 5.92 Å². The van der Waals surface area contributed by atoms with Gasteiger partial charge >= 0.3 is 0 Å². The molecule has 0 aliphatic carbocycles. The van der Waals surface area contributed by atoms with Crippen LogP contribution in [0.1, 0.15) is 41.5 Å². The third kappa shape index (κ3) is 4.25. The van der Waals surface area contributed by atoms with Gasteiger partial charge in [0.25, 0.3) is 0 Å². The van der Waals surface area contributed by atoms with Crippen molar-refractivity contribution < 1.29 is 9.53 Å². The fourth-order valence-electron chi connectivity index (χ4n) is 2.70. The third-order valence-electron chi connectivity index (χ3n) is 3.17.